The van der Waals surface area contributed by atoms with E-state index < -0.39 is 0 Å². The van der Waals surface area contributed by atoms with Gasteiger partial charge in [0.05, 0.1) is 10.0 Å². The summed E-state index contributed by atoms with van der Waals surface area (Å²) in [6, 6.07) is 3.50. The Hall–Kier alpha value is -1.85. The van der Waals surface area contributed by atoms with Gasteiger partial charge < -0.3 is 9.30 Å². The van der Waals surface area contributed by atoms with E-state index in [1.54, 1.807) is 22.8 Å². The fraction of sp³-hybridized carbons (Fsp3) is 0.267. The first-order valence-electron chi connectivity index (χ1n) is 6.74. The molecule has 1 aliphatic rings. The summed E-state index contributed by atoms with van der Waals surface area (Å²) in [6.45, 7) is 4.59. The maximum absolute atomic E-state index is 11.0. The Morgan fingerprint density at radius 2 is 2.23 bits per heavy atom. The summed E-state index contributed by atoms with van der Waals surface area (Å²) in [4.78, 5) is 11.0. The van der Waals surface area contributed by atoms with Crippen LogP contribution >= 0.6 is 23.2 Å². The molecule has 3 rings (SSSR count). The van der Waals surface area contributed by atoms with E-state index in [0.717, 1.165) is 11.4 Å². The Balaban J connectivity index is 1.98. The van der Waals surface area contributed by atoms with E-state index in [9.17, 15) is 4.79 Å². The second kappa shape index (κ2) is 6.10. The molecular weight excluding hydrogens is 325 g/mol. The van der Waals surface area contributed by atoms with Gasteiger partial charge in [-0.15, -0.1) is 10.2 Å². The van der Waals surface area contributed by atoms with Crippen molar-refractivity contribution in [2.45, 2.75) is 18.9 Å². The molecule has 0 saturated heterocycles. The molecule has 2 heterocycles. The molecule has 0 N–H and O–H groups in total. The zero-order chi connectivity index (χ0) is 15.7. The van der Waals surface area contributed by atoms with Crippen LogP contribution in [0.15, 0.2) is 24.8 Å². The number of carbonyl (C=O) groups excluding carboxylic acids is 1. The molecule has 1 aromatic heterocycles. The van der Waals surface area contributed by atoms with Gasteiger partial charge in [0, 0.05) is 24.4 Å². The standard InChI is InChI=1S/C15H13Cl2N3O2/c1-2-5-22-11-4-3-10(16)15(17)14(11)9-6-12-18-19-13(8-21)20(12)7-9/h2-4,8-9H,1,5-7H2. The fourth-order valence-corrected chi connectivity index (χ4v) is 3.16. The third kappa shape index (κ3) is 2.51. The SMILES string of the molecule is C=CCOc1ccc(Cl)c(Cl)c1C1Cc2nnc(C=O)n2C1. The van der Waals surface area contributed by atoms with Crippen molar-refractivity contribution in [1.29, 1.82) is 0 Å². The van der Waals surface area contributed by atoms with Gasteiger partial charge in [0.2, 0.25) is 0 Å². The summed E-state index contributed by atoms with van der Waals surface area (Å²) in [6.07, 6.45) is 3.00. The molecule has 5 nitrogen and oxygen atoms in total. The lowest BCUT2D eigenvalue weighted by molar-refractivity contribution is 0.111. The number of aldehydes is 1. The second-order valence-electron chi connectivity index (χ2n) is 4.98. The van der Waals surface area contributed by atoms with Crippen LogP contribution in [0, 0.1) is 0 Å². The number of nitrogens with zero attached hydrogens (tertiary/aromatic N) is 3. The average Bonchev–Trinajstić information content (AvgIpc) is 3.08. The average molecular weight is 338 g/mol. The van der Waals surface area contributed by atoms with Gasteiger partial charge in [0.1, 0.15) is 18.2 Å². The van der Waals surface area contributed by atoms with Gasteiger partial charge >= 0.3 is 0 Å². The van der Waals surface area contributed by atoms with E-state index in [4.69, 9.17) is 27.9 Å². The predicted molar refractivity (Wildman–Crippen MR) is 84.0 cm³/mol. The van der Waals surface area contributed by atoms with E-state index in [2.05, 4.69) is 16.8 Å². The van der Waals surface area contributed by atoms with Crippen molar-refractivity contribution in [2.75, 3.05) is 6.61 Å². The van der Waals surface area contributed by atoms with Gasteiger partial charge in [-0.1, -0.05) is 35.9 Å². The van der Waals surface area contributed by atoms with Crippen molar-refractivity contribution in [2.24, 2.45) is 0 Å². The molecule has 0 amide bonds. The van der Waals surface area contributed by atoms with Gasteiger partial charge in [-0.2, -0.15) is 0 Å². The number of fused-ring (bicyclic) bond motifs is 1. The second-order valence-corrected chi connectivity index (χ2v) is 5.76. The maximum Gasteiger partial charge on any atom is 0.196 e. The van der Waals surface area contributed by atoms with Crippen LogP contribution < -0.4 is 4.74 Å². The highest BCUT2D eigenvalue weighted by Gasteiger charge is 2.31. The molecule has 0 bridgehead atoms. The van der Waals surface area contributed by atoms with Gasteiger partial charge in [0.25, 0.3) is 0 Å². The Morgan fingerprint density at radius 1 is 1.41 bits per heavy atom. The summed E-state index contributed by atoms with van der Waals surface area (Å²) >= 11 is 12.5. The van der Waals surface area contributed by atoms with Crippen molar-refractivity contribution >= 4 is 29.5 Å². The van der Waals surface area contributed by atoms with Crippen LogP contribution in [0.2, 0.25) is 10.0 Å². The number of aromatic nitrogens is 3. The number of benzene rings is 1. The van der Waals surface area contributed by atoms with Crippen LogP contribution in [0.1, 0.15) is 27.9 Å². The topological polar surface area (TPSA) is 57.0 Å². The van der Waals surface area contributed by atoms with Gasteiger partial charge in [0.15, 0.2) is 12.1 Å². The number of hydrogen-bond donors (Lipinski definition) is 0. The van der Waals surface area contributed by atoms with Gasteiger partial charge in [-0.05, 0) is 12.1 Å². The minimum Gasteiger partial charge on any atom is -0.489 e. The number of rotatable bonds is 5. The quantitative estimate of drug-likeness (QED) is 0.620. The first-order chi connectivity index (χ1) is 10.7. The number of halogens is 2. The minimum absolute atomic E-state index is 0.0372. The number of ether oxygens (including phenoxy) is 1. The summed E-state index contributed by atoms with van der Waals surface area (Å²) in [7, 11) is 0. The third-order valence-electron chi connectivity index (χ3n) is 3.65. The van der Waals surface area contributed by atoms with Crippen molar-refractivity contribution in [3.05, 3.63) is 52.0 Å². The largest absolute Gasteiger partial charge is 0.489 e. The van der Waals surface area contributed by atoms with Crippen molar-refractivity contribution in [1.82, 2.24) is 14.8 Å². The predicted octanol–water partition coefficient (Wildman–Crippen LogP) is 3.30. The molecule has 22 heavy (non-hydrogen) atoms. The molecule has 1 atom stereocenters. The molecule has 7 heteroatoms. The highest BCUT2D eigenvalue weighted by Crippen LogP contribution is 2.42. The normalized spacial score (nSPS) is 16.4. The first-order valence-corrected chi connectivity index (χ1v) is 7.50. The van der Waals surface area contributed by atoms with Gasteiger partial charge in [-0.25, -0.2) is 0 Å². The molecule has 0 fully saturated rings. The zero-order valence-corrected chi connectivity index (χ0v) is 13.1. The highest BCUT2D eigenvalue weighted by molar-refractivity contribution is 6.42. The molecule has 1 aromatic carbocycles. The Bertz CT molecular complexity index is 743. The summed E-state index contributed by atoms with van der Waals surface area (Å²) in [5, 5.41) is 8.82. The monoisotopic (exact) mass is 337 g/mol. The highest BCUT2D eigenvalue weighted by atomic mass is 35.5. The minimum atomic E-state index is 0.0372. The van der Waals surface area contributed by atoms with Crippen LogP contribution in [-0.4, -0.2) is 27.7 Å². The molecule has 0 aliphatic carbocycles. The molecule has 1 aliphatic heterocycles. The zero-order valence-electron chi connectivity index (χ0n) is 11.6. The summed E-state index contributed by atoms with van der Waals surface area (Å²) in [5.41, 5.74) is 0.832. The maximum atomic E-state index is 11.0. The smallest absolute Gasteiger partial charge is 0.196 e. The molecule has 2 aromatic rings. The third-order valence-corrected chi connectivity index (χ3v) is 4.47. The van der Waals surface area contributed by atoms with Crippen molar-refractivity contribution in [3.63, 3.8) is 0 Å². The van der Waals surface area contributed by atoms with Crippen LogP contribution in [0.3, 0.4) is 0 Å². The van der Waals surface area contributed by atoms with Crippen LogP contribution in [0.4, 0.5) is 0 Å². The fourth-order valence-electron chi connectivity index (χ4n) is 2.69. The molecule has 0 saturated carbocycles. The van der Waals surface area contributed by atoms with Crippen molar-refractivity contribution in [3.8, 4) is 5.75 Å². The van der Waals surface area contributed by atoms with Gasteiger partial charge in [-0.3, -0.25) is 4.79 Å². The van der Waals surface area contributed by atoms with Crippen molar-refractivity contribution < 1.29 is 9.53 Å². The Labute approximate surface area is 137 Å². The lowest BCUT2D eigenvalue weighted by atomic mass is 9.96. The van der Waals surface area contributed by atoms with Crippen LogP contribution in [0.25, 0.3) is 0 Å². The number of carbonyl (C=O) groups is 1. The van der Waals surface area contributed by atoms with E-state index >= 15 is 0 Å². The van der Waals surface area contributed by atoms with E-state index in [-0.39, 0.29) is 5.92 Å². The lowest BCUT2D eigenvalue weighted by Gasteiger charge is -2.18. The van der Waals surface area contributed by atoms with E-state index in [1.807, 2.05) is 0 Å². The van der Waals surface area contributed by atoms with E-state index in [1.165, 1.54) is 0 Å². The van der Waals surface area contributed by atoms with E-state index in [0.29, 0.717) is 47.5 Å². The molecule has 1 unspecified atom stereocenters. The Kier molecular flexibility index (Phi) is 4.18. The summed E-state index contributed by atoms with van der Waals surface area (Å²) in [5.74, 6) is 1.79. The van der Waals surface area contributed by atoms with Crippen LogP contribution in [0.5, 0.6) is 5.75 Å². The number of hydrogen-bond acceptors (Lipinski definition) is 4. The molecule has 0 radical (unpaired) electrons. The van der Waals surface area contributed by atoms with Crippen LogP contribution in [-0.2, 0) is 13.0 Å². The lowest BCUT2D eigenvalue weighted by Crippen LogP contribution is -2.08. The Morgan fingerprint density at radius 3 is 2.95 bits per heavy atom. The molecular formula is C15H13Cl2N3O2. The molecule has 114 valence electrons. The summed E-state index contributed by atoms with van der Waals surface area (Å²) < 4.78 is 7.49. The molecule has 0 spiro atoms. The first kappa shape index (κ1) is 15.1.